The Morgan fingerprint density at radius 1 is 0.426 bits per heavy atom. The number of phosphoric ester groups is 1. The number of hydrogen-bond acceptors (Lipinski definition) is 10. The van der Waals surface area contributed by atoms with E-state index in [4.69, 9.17) is 23.3 Å². The van der Waals surface area contributed by atoms with E-state index in [1.54, 1.807) is 0 Å². The number of esters is 3. The van der Waals surface area contributed by atoms with Gasteiger partial charge in [-0.15, -0.1) is 0 Å². The molecule has 0 fully saturated rings. The van der Waals surface area contributed by atoms with Gasteiger partial charge < -0.3 is 24.2 Å². The third kappa shape index (κ3) is 48.0. The summed E-state index contributed by atoms with van der Waals surface area (Å²) in [6.07, 6.45) is 54.6. The van der Waals surface area contributed by atoms with Gasteiger partial charge in [0.2, 0.25) is 0 Å². The standard InChI is InChI=1S/C56H97O11P/c1-4-7-10-13-16-19-22-24-25-26-27-29-32-35-38-41-44-47-56(60)67-53(49-63-54(58)45-42-39-36-33-30-21-18-15-12-9-6-3)51-65-68(61,62)64-50-52(48-57)66-55(59)46-43-40-37-34-31-28-23-20-17-14-11-8-5-2/h8,11,15,17-18,20,24-25,28,31,37,40,52-53,57H,4-7,9-10,12-14,16,19,21-23,26-27,29-30,32-36,38-39,41-51H2,1-3H3,(H,61,62)/b11-8-,18-15-,20-17-,25-24-,31-28-,40-37-. The molecule has 0 amide bonds. The second-order valence-electron chi connectivity index (χ2n) is 17.7. The monoisotopic (exact) mass is 977 g/mol. The number of aliphatic hydroxyl groups is 1. The first kappa shape index (κ1) is 64.9. The maximum Gasteiger partial charge on any atom is 0.472 e. The second kappa shape index (κ2) is 50.3. The molecule has 0 aromatic heterocycles. The molecule has 0 aliphatic rings. The van der Waals surface area contributed by atoms with Crippen LogP contribution in [0.25, 0.3) is 0 Å². The van der Waals surface area contributed by atoms with Crippen molar-refractivity contribution < 1.29 is 52.2 Å². The average Bonchev–Trinajstić information content (AvgIpc) is 3.32. The highest BCUT2D eigenvalue weighted by Crippen LogP contribution is 2.43. The van der Waals surface area contributed by atoms with Crippen molar-refractivity contribution >= 4 is 25.7 Å². The Balaban J connectivity index is 4.79. The second-order valence-corrected chi connectivity index (χ2v) is 19.1. The summed E-state index contributed by atoms with van der Waals surface area (Å²) >= 11 is 0. The number of ether oxygens (including phenoxy) is 3. The van der Waals surface area contributed by atoms with E-state index < -0.39 is 57.8 Å². The molecule has 0 aliphatic carbocycles. The van der Waals surface area contributed by atoms with Gasteiger partial charge in [0, 0.05) is 19.3 Å². The molecule has 68 heavy (non-hydrogen) atoms. The van der Waals surface area contributed by atoms with E-state index in [1.165, 1.54) is 70.6 Å². The van der Waals surface area contributed by atoms with Gasteiger partial charge in [0.15, 0.2) is 6.10 Å². The molecule has 0 saturated carbocycles. The Morgan fingerprint density at radius 2 is 0.809 bits per heavy atom. The molecule has 0 spiro atoms. The summed E-state index contributed by atoms with van der Waals surface area (Å²) in [4.78, 5) is 48.3. The number of rotatable bonds is 49. The van der Waals surface area contributed by atoms with E-state index in [0.717, 1.165) is 96.3 Å². The molecule has 12 heteroatoms. The molecule has 3 atom stereocenters. The number of carbonyl (C=O) groups is 3. The lowest BCUT2D eigenvalue weighted by molar-refractivity contribution is -0.161. The summed E-state index contributed by atoms with van der Waals surface area (Å²) in [7, 11) is -4.76. The van der Waals surface area contributed by atoms with Crippen molar-refractivity contribution in [3.8, 4) is 0 Å². The molecule has 0 saturated heterocycles. The van der Waals surface area contributed by atoms with Crippen LogP contribution in [0.15, 0.2) is 72.9 Å². The third-order valence-electron chi connectivity index (χ3n) is 11.1. The minimum Gasteiger partial charge on any atom is -0.462 e. The highest BCUT2D eigenvalue weighted by atomic mass is 31.2. The van der Waals surface area contributed by atoms with Gasteiger partial charge in [-0.3, -0.25) is 23.4 Å². The molecule has 392 valence electrons. The van der Waals surface area contributed by atoms with Crippen LogP contribution in [0.5, 0.6) is 0 Å². The van der Waals surface area contributed by atoms with Crippen LogP contribution < -0.4 is 0 Å². The summed E-state index contributed by atoms with van der Waals surface area (Å²) in [6.45, 7) is 4.38. The number of aliphatic hydroxyl groups excluding tert-OH is 1. The number of phosphoric acid groups is 1. The number of carbonyl (C=O) groups excluding carboxylic acids is 3. The first-order chi connectivity index (χ1) is 33.2. The summed E-state index contributed by atoms with van der Waals surface area (Å²) in [5, 5.41) is 9.76. The summed E-state index contributed by atoms with van der Waals surface area (Å²) in [5.74, 6) is -1.57. The van der Waals surface area contributed by atoms with Gasteiger partial charge in [0.25, 0.3) is 0 Å². The van der Waals surface area contributed by atoms with Gasteiger partial charge in [-0.05, 0) is 89.9 Å². The van der Waals surface area contributed by atoms with E-state index in [0.29, 0.717) is 19.3 Å². The van der Waals surface area contributed by atoms with Crippen LogP contribution in [0.1, 0.15) is 226 Å². The Bertz CT molecular complexity index is 1420. The fourth-order valence-corrected chi connectivity index (χ4v) is 7.78. The predicted octanol–water partition coefficient (Wildman–Crippen LogP) is 15.4. The predicted molar refractivity (Wildman–Crippen MR) is 279 cm³/mol. The van der Waals surface area contributed by atoms with Crippen LogP contribution >= 0.6 is 7.82 Å². The smallest absolute Gasteiger partial charge is 0.462 e. The first-order valence-electron chi connectivity index (χ1n) is 26.8. The Kier molecular flexibility index (Phi) is 48.0. The lowest BCUT2D eigenvalue weighted by Gasteiger charge is -2.21. The highest BCUT2D eigenvalue weighted by Gasteiger charge is 2.28. The van der Waals surface area contributed by atoms with Crippen molar-refractivity contribution in [2.75, 3.05) is 26.4 Å². The fourth-order valence-electron chi connectivity index (χ4n) is 6.99. The molecule has 0 bridgehead atoms. The molecule has 0 radical (unpaired) electrons. The molecular formula is C56H97O11P. The molecule has 11 nitrogen and oxygen atoms in total. The van der Waals surface area contributed by atoms with Crippen LogP contribution in [0.4, 0.5) is 0 Å². The van der Waals surface area contributed by atoms with Crippen LogP contribution in [-0.4, -0.2) is 66.5 Å². The van der Waals surface area contributed by atoms with Crippen molar-refractivity contribution in [1.29, 1.82) is 0 Å². The van der Waals surface area contributed by atoms with Gasteiger partial charge in [0.1, 0.15) is 12.7 Å². The SMILES string of the molecule is CC/C=C\C/C=C\C/C=C\C/C=C\CCC(=O)OC(CO)COP(=O)(O)OCC(COC(=O)CCCCCCC/C=C\CCCC)OC(=O)CCCCCCCCC/C=C\CCCCCCCC. The molecule has 0 aromatic rings. The van der Waals surface area contributed by atoms with Crippen molar-refractivity contribution in [2.45, 2.75) is 238 Å². The van der Waals surface area contributed by atoms with E-state index in [-0.39, 0.29) is 25.9 Å². The number of hydrogen-bond donors (Lipinski definition) is 2. The van der Waals surface area contributed by atoms with Crippen molar-refractivity contribution in [3.63, 3.8) is 0 Å². The zero-order valence-corrected chi connectivity index (χ0v) is 43.9. The lowest BCUT2D eigenvalue weighted by Crippen LogP contribution is -2.30. The van der Waals surface area contributed by atoms with Gasteiger partial charge in [0.05, 0.1) is 19.8 Å². The Hall–Kier alpha value is -3.08. The normalized spacial score (nSPS) is 14.0. The van der Waals surface area contributed by atoms with E-state index >= 15 is 0 Å². The van der Waals surface area contributed by atoms with Crippen LogP contribution in [-0.2, 0) is 42.2 Å². The maximum atomic E-state index is 12.9. The van der Waals surface area contributed by atoms with Crippen LogP contribution in [0.3, 0.4) is 0 Å². The molecule has 0 rings (SSSR count). The number of unbranched alkanes of at least 4 members (excludes halogenated alkanes) is 20. The molecule has 0 aliphatic heterocycles. The number of allylic oxidation sites excluding steroid dienone is 12. The average molecular weight is 977 g/mol. The van der Waals surface area contributed by atoms with Crippen LogP contribution in [0, 0.1) is 0 Å². The quantitative estimate of drug-likeness (QED) is 0.0197. The largest absolute Gasteiger partial charge is 0.472 e. The van der Waals surface area contributed by atoms with Crippen molar-refractivity contribution in [3.05, 3.63) is 72.9 Å². The minimum atomic E-state index is -4.76. The van der Waals surface area contributed by atoms with Gasteiger partial charge in [-0.2, -0.15) is 0 Å². The van der Waals surface area contributed by atoms with E-state index in [1.807, 2.05) is 12.2 Å². The summed E-state index contributed by atoms with van der Waals surface area (Å²) in [6, 6.07) is 0. The van der Waals surface area contributed by atoms with Gasteiger partial charge >= 0.3 is 25.7 Å². The highest BCUT2D eigenvalue weighted by molar-refractivity contribution is 7.47. The summed E-state index contributed by atoms with van der Waals surface area (Å²) in [5.41, 5.74) is 0. The summed E-state index contributed by atoms with van der Waals surface area (Å²) < 4.78 is 39.3. The van der Waals surface area contributed by atoms with Crippen LogP contribution in [0.2, 0.25) is 0 Å². The zero-order valence-electron chi connectivity index (χ0n) is 43.1. The van der Waals surface area contributed by atoms with E-state index in [9.17, 15) is 28.9 Å². The zero-order chi connectivity index (χ0) is 49.9. The Labute approximate surface area is 414 Å². The van der Waals surface area contributed by atoms with Gasteiger partial charge in [-0.1, -0.05) is 190 Å². The third-order valence-corrected chi connectivity index (χ3v) is 12.0. The van der Waals surface area contributed by atoms with Crippen molar-refractivity contribution in [1.82, 2.24) is 0 Å². The van der Waals surface area contributed by atoms with E-state index in [2.05, 4.69) is 81.5 Å². The topological polar surface area (TPSA) is 155 Å². The van der Waals surface area contributed by atoms with Crippen molar-refractivity contribution in [2.24, 2.45) is 0 Å². The molecule has 0 aromatic carbocycles. The molecule has 3 unspecified atom stereocenters. The Morgan fingerprint density at radius 3 is 1.31 bits per heavy atom. The molecular weight excluding hydrogens is 880 g/mol. The minimum absolute atomic E-state index is 0.0539. The van der Waals surface area contributed by atoms with Gasteiger partial charge in [-0.25, -0.2) is 4.57 Å². The lowest BCUT2D eigenvalue weighted by atomic mass is 10.1. The molecule has 0 heterocycles. The maximum absolute atomic E-state index is 12.9. The molecule has 2 N–H and O–H groups in total. The first-order valence-corrected chi connectivity index (χ1v) is 28.3. The fraction of sp³-hybridized carbons (Fsp3) is 0.732.